The van der Waals surface area contributed by atoms with Crippen LogP contribution in [0.3, 0.4) is 0 Å². The van der Waals surface area contributed by atoms with E-state index in [1.165, 1.54) is 0 Å². The Kier molecular flexibility index (Phi) is 6.33. The molecule has 0 heterocycles. The Morgan fingerprint density at radius 2 is 2.00 bits per heavy atom. The van der Waals surface area contributed by atoms with Gasteiger partial charge in [0, 0.05) is 17.8 Å². The molecule has 0 aliphatic carbocycles. The van der Waals surface area contributed by atoms with Crippen LogP contribution in [-0.2, 0) is 11.3 Å². The number of rotatable bonds is 7. The highest BCUT2D eigenvalue weighted by Gasteiger charge is 2.15. The van der Waals surface area contributed by atoms with E-state index in [1.54, 1.807) is 18.2 Å². The maximum Gasteiger partial charge on any atom is 0.248 e. The van der Waals surface area contributed by atoms with Crippen molar-refractivity contribution in [3.63, 3.8) is 0 Å². The van der Waals surface area contributed by atoms with E-state index in [1.807, 2.05) is 25.9 Å². The zero-order valence-corrected chi connectivity index (χ0v) is 12.8. The number of primary amides is 1. The van der Waals surface area contributed by atoms with Gasteiger partial charge in [0.2, 0.25) is 11.8 Å². The number of nitrogens with zero attached hydrogens (tertiary/aromatic N) is 1. The van der Waals surface area contributed by atoms with E-state index >= 15 is 0 Å². The smallest absolute Gasteiger partial charge is 0.248 e. The third kappa shape index (κ3) is 5.17. The standard InChI is InChI=1S/C15H24N4O2/c1-4-5-12(16)15(21)18-13-8-10(14(17)20)6-7-11(13)9-19(2)3/h6-8,12H,4-5,9,16H2,1-3H3,(H2,17,20)(H,18,21). The first-order chi connectivity index (χ1) is 9.85. The van der Waals surface area contributed by atoms with Crippen LogP contribution in [-0.4, -0.2) is 36.9 Å². The highest BCUT2D eigenvalue weighted by atomic mass is 16.2. The van der Waals surface area contributed by atoms with Crippen molar-refractivity contribution >= 4 is 17.5 Å². The fourth-order valence-electron chi connectivity index (χ4n) is 1.99. The minimum absolute atomic E-state index is 0.251. The summed E-state index contributed by atoms with van der Waals surface area (Å²) >= 11 is 0. The van der Waals surface area contributed by atoms with Crippen LogP contribution in [0.25, 0.3) is 0 Å². The number of nitrogens with one attached hydrogen (secondary N) is 1. The van der Waals surface area contributed by atoms with E-state index in [9.17, 15) is 9.59 Å². The van der Waals surface area contributed by atoms with Gasteiger partial charge >= 0.3 is 0 Å². The molecule has 1 aromatic rings. The lowest BCUT2D eigenvalue weighted by molar-refractivity contribution is -0.117. The Bertz CT molecular complexity index is 514. The van der Waals surface area contributed by atoms with Crippen LogP contribution in [0.15, 0.2) is 18.2 Å². The van der Waals surface area contributed by atoms with E-state index in [0.717, 1.165) is 12.0 Å². The van der Waals surface area contributed by atoms with Gasteiger partial charge in [-0.1, -0.05) is 19.4 Å². The van der Waals surface area contributed by atoms with Crippen molar-refractivity contribution < 1.29 is 9.59 Å². The summed E-state index contributed by atoms with van der Waals surface area (Å²) in [5.74, 6) is -0.779. The molecule has 0 saturated carbocycles. The predicted octanol–water partition coefficient (Wildman–Crippen LogP) is 0.913. The fraction of sp³-hybridized carbons (Fsp3) is 0.467. The molecule has 0 aliphatic heterocycles. The monoisotopic (exact) mass is 292 g/mol. The third-order valence-corrected chi connectivity index (χ3v) is 3.08. The van der Waals surface area contributed by atoms with Gasteiger partial charge in [-0.3, -0.25) is 9.59 Å². The number of hydrogen-bond acceptors (Lipinski definition) is 4. The molecule has 0 aliphatic rings. The van der Waals surface area contributed by atoms with Crippen LogP contribution >= 0.6 is 0 Å². The van der Waals surface area contributed by atoms with Crippen molar-refractivity contribution in [2.45, 2.75) is 32.4 Å². The van der Waals surface area contributed by atoms with Gasteiger partial charge in [0.05, 0.1) is 6.04 Å². The molecule has 0 radical (unpaired) electrons. The molecule has 0 fully saturated rings. The largest absolute Gasteiger partial charge is 0.366 e. The van der Waals surface area contributed by atoms with E-state index < -0.39 is 11.9 Å². The molecule has 6 heteroatoms. The van der Waals surface area contributed by atoms with E-state index in [-0.39, 0.29) is 5.91 Å². The highest BCUT2D eigenvalue weighted by Crippen LogP contribution is 2.19. The zero-order chi connectivity index (χ0) is 16.0. The van der Waals surface area contributed by atoms with Crippen molar-refractivity contribution in [2.75, 3.05) is 19.4 Å². The van der Waals surface area contributed by atoms with Gasteiger partial charge < -0.3 is 21.7 Å². The molecular weight excluding hydrogens is 268 g/mol. The van der Waals surface area contributed by atoms with Crippen LogP contribution < -0.4 is 16.8 Å². The number of carbonyl (C=O) groups excluding carboxylic acids is 2. The summed E-state index contributed by atoms with van der Waals surface area (Å²) in [6.07, 6.45) is 1.45. The molecular formula is C15H24N4O2. The second-order valence-corrected chi connectivity index (χ2v) is 5.36. The molecule has 5 N–H and O–H groups in total. The van der Waals surface area contributed by atoms with Gasteiger partial charge in [-0.15, -0.1) is 0 Å². The molecule has 0 saturated heterocycles. The minimum atomic E-state index is -0.556. The first-order valence-corrected chi connectivity index (χ1v) is 6.99. The lowest BCUT2D eigenvalue weighted by Gasteiger charge is -2.17. The summed E-state index contributed by atoms with van der Waals surface area (Å²) < 4.78 is 0. The molecule has 0 spiro atoms. The minimum Gasteiger partial charge on any atom is -0.366 e. The predicted molar refractivity (Wildman–Crippen MR) is 83.9 cm³/mol. The second-order valence-electron chi connectivity index (χ2n) is 5.36. The SMILES string of the molecule is CCCC(N)C(=O)Nc1cc(C(N)=O)ccc1CN(C)C. The maximum atomic E-state index is 12.1. The maximum absolute atomic E-state index is 12.1. The fourth-order valence-corrected chi connectivity index (χ4v) is 1.99. The molecule has 1 rings (SSSR count). The topological polar surface area (TPSA) is 101 Å². The molecule has 2 amide bonds. The first-order valence-electron chi connectivity index (χ1n) is 6.99. The van der Waals surface area contributed by atoms with Gasteiger partial charge in [0.1, 0.15) is 0 Å². The second kappa shape index (κ2) is 7.75. The number of anilines is 1. The van der Waals surface area contributed by atoms with Crippen LogP contribution in [0.2, 0.25) is 0 Å². The lowest BCUT2D eigenvalue weighted by Crippen LogP contribution is -2.35. The van der Waals surface area contributed by atoms with E-state index in [4.69, 9.17) is 11.5 Å². The molecule has 1 atom stereocenters. The van der Waals surface area contributed by atoms with Gasteiger partial charge in [-0.2, -0.15) is 0 Å². The molecule has 0 aromatic heterocycles. The zero-order valence-electron chi connectivity index (χ0n) is 12.8. The molecule has 1 unspecified atom stereocenters. The average molecular weight is 292 g/mol. The summed E-state index contributed by atoms with van der Waals surface area (Å²) in [5, 5.41) is 2.80. The van der Waals surface area contributed by atoms with Gasteiger partial charge in [-0.05, 0) is 38.2 Å². The average Bonchev–Trinajstić information content (AvgIpc) is 2.40. The quantitative estimate of drug-likeness (QED) is 0.695. The van der Waals surface area contributed by atoms with Crippen LogP contribution in [0.5, 0.6) is 0 Å². The normalized spacial score (nSPS) is 12.2. The summed E-state index contributed by atoms with van der Waals surface area (Å²) in [4.78, 5) is 25.3. The Balaban J connectivity index is 3.02. The van der Waals surface area contributed by atoms with Crippen molar-refractivity contribution in [3.8, 4) is 0 Å². The summed E-state index contributed by atoms with van der Waals surface area (Å²) in [6, 6.07) is 4.49. The Morgan fingerprint density at radius 1 is 1.33 bits per heavy atom. The molecule has 1 aromatic carbocycles. The van der Waals surface area contributed by atoms with E-state index in [0.29, 0.717) is 24.2 Å². The third-order valence-electron chi connectivity index (χ3n) is 3.08. The highest BCUT2D eigenvalue weighted by molar-refractivity contribution is 5.98. The molecule has 0 bridgehead atoms. The number of hydrogen-bond donors (Lipinski definition) is 3. The number of benzene rings is 1. The summed E-state index contributed by atoms with van der Waals surface area (Å²) in [7, 11) is 3.85. The van der Waals surface area contributed by atoms with Gasteiger partial charge in [0.15, 0.2) is 0 Å². The summed E-state index contributed by atoms with van der Waals surface area (Å²) in [6.45, 7) is 2.61. The lowest BCUT2D eigenvalue weighted by atomic mass is 10.1. The van der Waals surface area contributed by atoms with Crippen molar-refractivity contribution in [1.29, 1.82) is 0 Å². The summed E-state index contributed by atoms with van der Waals surface area (Å²) in [5.41, 5.74) is 12.9. The number of amides is 2. The number of nitrogens with two attached hydrogens (primary N) is 2. The van der Waals surface area contributed by atoms with Crippen molar-refractivity contribution in [1.82, 2.24) is 4.90 Å². The Hall–Kier alpha value is -1.92. The van der Waals surface area contributed by atoms with Crippen LogP contribution in [0.1, 0.15) is 35.7 Å². The first kappa shape index (κ1) is 17.1. The molecule has 6 nitrogen and oxygen atoms in total. The van der Waals surface area contributed by atoms with Crippen LogP contribution in [0, 0.1) is 0 Å². The van der Waals surface area contributed by atoms with Crippen LogP contribution in [0.4, 0.5) is 5.69 Å². The van der Waals surface area contributed by atoms with Gasteiger partial charge in [-0.25, -0.2) is 0 Å². The van der Waals surface area contributed by atoms with Crippen molar-refractivity contribution in [3.05, 3.63) is 29.3 Å². The Morgan fingerprint density at radius 3 is 2.52 bits per heavy atom. The van der Waals surface area contributed by atoms with E-state index in [2.05, 4.69) is 5.32 Å². The molecule has 21 heavy (non-hydrogen) atoms. The number of carbonyl (C=O) groups is 2. The molecule has 116 valence electrons. The van der Waals surface area contributed by atoms with Crippen molar-refractivity contribution in [2.24, 2.45) is 11.5 Å². The van der Waals surface area contributed by atoms with Gasteiger partial charge in [0.25, 0.3) is 0 Å². The Labute approximate surface area is 125 Å².